The lowest BCUT2D eigenvalue weighted by atomic mass is 9.95. The Morgan fingerprint density at radius 2 is 1.66 bits per heavy atom. The molecule has 3 aromatic carbocycles. The Hall–Kier alpha value is -4.53. The molecular weight excluding hydrogens is 529 g/mol. The van der Waals surface area contributed by atoms with E-state index in [4.69, 9.17) is 10.5 Å². The van der Waals surface area contributed by atoms with Crippen molar-refractivity contribution in [2.24, 2.45) is 5.73 Å². The topological polar surface area (TPSA) is 93.0 Å². The molecule has 2 aromatic heterocycles. The van der Waals surface area contributed by atoms with Crippen LogP contribution in [0.4, 0.5) is 18.9 Å². The van der Waals surface area contributed by atoms with E-state index in [0.29, 0.717) is 29.1 Å². The van der Waals surface area contributed by atoms with Gasteiger partial charge in [-0.1, -0.05) is 79.9 Å². The van der Waals surface area contributed by atoms with E-state index >= 15 is 0 Å². The van der Waals surface area contributed by atoms with Crippen molar-refractivity contribution in [3.05, 3.63) is 102 Å². The van der Waals surface area contributed by atoms with Crippen molar-refractivity contribution >= 4 is 33.4 Å². The molecule has 41 heavy (non-hydrogen) atoms. The van der Waals surface area contributed by atoms with Gasteiger partial charge in [-0.25, -0.2) is 4.98 Å². The van der Waals surface area contributed by atoms with Gasteiger partial charge in [-0.15, -0.1) is 0 Å². The third-order valence-corrected chi connectivity index (χ3v) is 7.15. The minimum Gasteiger partial charge on any atom is -0.487 e. The Bertz CT molecular complexity index is 1630. The molecule has 1 saturated carbocycles. The van der Waals surface area contributed by atoms with Crippen molar-refractivity contribution in [2.45, 2.75) is 50.9 Å². The number of hydrogen-bond acceptors (Lipinski definition) is 4. The van der Waals surface area contributed by atoms with E-state index < -0.39 is 17.8 Å². The van der Waals surface area contributed by atoms with Crippen molar-refractivity contribution < 1.29 is 22.7 Å². The zero-order valence-electron chi connectivity index (χ0n) is 22.4. The molecule has 0 atom stereocenters. The molecule has 4 N–H and O–H groups in total. The SMILES string of the molecule is FC(F)(F)c1cc(NC2CCCCC2)c2ccccc2n1.NC(=O)c1c[nH]c2c(OCc3ccccc3)cccc12. The second-order valence-corrected chi connectivity index (χ2v) is 10.1. The predicted molar refractivity (Wildman–Crippen MR) is 155 cm³/mol. The number of anilines is 1. The molecule has 0 radical (unpaired) electrons. The van der Waals surface area contributed by atoms with E-state index in [0.717, 1.165) is 53.6 Å². The zero-order valence-corrected chi connectivity index (χ0v) is 22.4. The van der Waals surface area contributed by atoms with E-state index in [1.807, 2.05) is 60.7 Å². The number of halogens is 3. The van der Waals surface area contributed by atoms with Gasteiger partial charge in [-0.05, 0) is 36.6 Å². The van der Waals surface area contributed by atoms with Crippen LogP contribution < -0.4 is 15.8 Å². The van der Waals surface area contributed by atoms with E-state index in [2.05, 4.69) is 15.3 Å². The Kier molecular flexibility index (Phi) is 8.42. The second-order valence-electron chi connectivity index (χ2n) is 10.1. The van der Waals surface area contributed by atoms with Gasteiger partial charge in [-0.3, -0.25) is 4.79 Å². The van der Waals surface area contributed by atoms with Crippen LogP contribution in [-0.4, -0.2) is 21.9 Å². The molecule has 6 rings (SSSR count). The number of nitrogens with two attached hydrogens (primary N) is 1. The lowest BCUT2D eigenvalue weighted by molar-refractivity contribution is -0.140. The van der Waals surface area contributed by atoms with Gasteiger partial charge in [0.15, 0.2) is 0 Å². The number of nitrogens with zero attached hydrogens (tertiary/aromatic N) is 1. The quantitative estimate of drug-likeness (QED) is 0.197. The zero-order chi connectivity index (χ0) is 28.8. The molecule has 0 saturated heterocycles. The molecule has 9 heteroatoms. The molecular formula is C32H31F3N4O2. The molecule has 0 aliphatic heterocycles. The van der Waals surface area contributed by atoms with E-state index in [-0.39, 0.29) is 6.04 Å². The highest BCUT2D eigenvalue weighted by Gasteiger charge is 2.33. The minimum absolute atomic E-state index is 0.255. The maximum absolute atomic E-state index is 13.0. The summed E-state index contributed by atoms with van der Waals surface area (Å²) in [6.07, 6.45) is 2.69. The first-order valence-electron chi connectivity index (χ1n) is 13.6. The highest BCUT2D eigenvalue weighted by atomic mass is 19.4. The highest BCUT2D eigenvalue weighted by molar-refractivity contribution is 6.07. The van der Waals surface area contributed by atoms with Gasteiger partial charge in [0.05, 0.1) is 16.6 Å². The highest BCUT2D eigenvalue weighted by Crippen LogP contribution is 2.34. The van der Waals surface area contributed by atoms with E-state index in [9.17, 15) is 18.0 Å². The Morgan fingerprint density at radius 1 is 0.951 bits per heavy atom. The molecule has 1 amide bonds. The number of rotatable bonds is 6. The number of amides is 1. The van der Waals surface area contributed by atoms with Gasteiger partial charge in [0, 0.05) is 28.7 Å². The number of para-hydroxylation sites is 2. The number of aromatic amines is 1. The summed E-state index contributed by atoms with van der Waals surface area (Å²) < 4.78 is 44.8. The Labute approximate surface area is 235 Å². The van der Waals surface area contributed by atoms with Crippen LogP contribution in [0.1, 0.15) is 53.7 Å². The van der Waals surface area contributed by atoms with Crippen molar-refractivity contribution in [3.63, 3.8) is 0 Å². The number of hydrogen-bond donors (Lipinski definition) is 3. The fourth-order valence-corrected chi connectivity index (χ4v) is 5.09. The molecule has 0 spiro atoms. The number of alkyl halides is 3. The van der Waals surface area contributed by atoms with Crippen LogP contribution in [0.25, 0.3) is 21.8 Å². The number of carbonyl (C=O) groups excluding carboxylic acids is 1. The molecule has 6 nitrogen and oxygen atoms in total. The van der Waals surface area contributed by atoms with Crippen LogP contribution in [-0.2, 0) is 12.8 Å². The smallest absolute Gasteiger partial charge is 0.433 e. The first-order valence-corrected chi connectivity index (χ1v) is 13.6. The molecule has 1 aliphatic carbocycles. The van der Waals surface area contributed by atoms with Gasteiger partial charge >= 0.3 is 6.18 Å². The standard InChI is InChI=1S/C16H17F3N2.C16H14N2O2/c17-16(18,19)15-10-14(20-11-6-2-1-3-7-11)12-8-4-5-9-13(12)21-15;17-16(19)13-9-18-15-12(13)7-4-8-14(15)20-10-11-5-2-1-3-6-11/h4-5,8-11H,1-3,6-7H2,(H,20,21);1-9,18H,10H2,(H2,17,19). The maximum Gasteiger partial charge on any atom is 0.433 e. The lowest BCUT2D eigenvalue weighted by Crippen LogP contribution is -2.23. The van der Waals surface area contributed by atoms with Gasteiger partial charge in [0.1, 0.15) is 18.1 Å². The van der Waals surface area contributed by atoms with Crippen molar-refractivity contribution in [3.8, 4) is 5.75 Å². The Morgan fingerprint density at radius 3 is 2.39 bits per heavy atom. The Balaban J connectivity index is 0.000000165. The first-order chi connectivity index (χ1) is 19.8. The monoisotopic (exact) mass is 560 g/mol. The second kappa shape index (κ2) is 12.3. The number of aromatic nitrogens is 2. The summed E-state index contributed by atoms with van der Waals surface area (Å²) in [4.78, 5) is 18.1. The van der Waals surface area contributed by atoms with Crippen LogP contribution in [0.15, 0.2) is 85.1 Å². The van der Waals surface area contributed by atoms with Crippen molar-refractivity contribution in [1.82, 2.24) is 9.97 Å². The first kappa shape index (κ1) is 28.0. The number of H-pyrrole nitrogens is 1. The number of primary amides is 1. The van der Waals surface area contributed by atoms with Crippen LogP contribution in [0, 0.1) is 0 Å². The summed E-state index contributed by atoms with van der Waals surface area (Å²) in [5.41, 5.74) is 7.78. The third-order valence-electron chi connectivity index (χ3n) is 7.15. The molecule has 1 aliphatic rings. The fourth-order valence-electron chi connectivity index (χ4n) is 5.09. The number of benzene rings is 3. The summed E-state index contributed by atoms with van der Waals surface area (Å²) >= 11 is 0. The van der Waals surface area contributed by atoms with Crippen LogP contribution >= 0.6 is 0 Å². The van der Waals surface area contributed by atoms with Gasteiger partial charge in [0.25, 0.3) is 5.91 Å². The lowest BCUT2D eigenvalue weighted by Gasteiger charge is -2.25. The van der Waals surface area contributed by atoms with Gasteiger partial charge < -0.3 is 20.8 Å². The maximum atomic E-state index is 13.0. The normalized spacial score (nSPS) is 13.9. The van der Waals surface area contributed by atoms with E-state index in [1.165, 1.54) is 6.42 Å². The molecule has 212 valence electrons. The van der Waals surface area contributed by atoms with Crippen LogP contribution in [0.3, 0.4) is 0 Å². The minimum atomic E-state index is -4.42. The molecule has 0 bridgehead atoms. The van der Waals surface area contributed by atoms with Gasteiger partial charge in [-0.2, -0.15) is 13.2 Å². The summed E-state index contributed by atoms with van der Waals surface area (Å²) in [6.45, 7) is 0.477. The van der Waals surface area contributed by atoms with Crippen LogP contribution in [0.2, 0.25) is 0 Å². The average molecular weight is 561 g/mol. The largest absolute Gasteiger partial charge is 0.487 e. The van der Waals surface area contributed by atoms with Crippen molar-refractivity contribution in [2.75, 3.05) is 5.32 Å². The fraction of sp³-hybridized carbons (Fsp3) is 0.250. The predicted octanol–water partition coefficient (Wildman–Crippen LogP) is 7.84. The number of fused-ring (bicyclic) bond motifs is 2. The summed E-state index contributed by atoms with van der Waals surface area (Å²) in [5.74, 6) is 0.260. The van der Waals surface area contributed by atoms with Crippen molar-refractivity contribution in [1.29, 1.82) is 0 Å². The average Bonchev–Trinajstić information content (AvgIpc) is 3.42. The number of ether oxygens (including phenoxy) is 1. The molecule has 5 aromatic rings. The van der Waals surface area contributed by atoms with Gasteiger partial charge in [0.2, 0.25) is 0 Å². The molecule has 1 fully saturated rings. The summed E-state index contributed by atoms with van der Waals surface area (Å²) in [7, 11) is 0. The number of nitrogens with one attached hydrogen (secondary N) is 2. The summed E-state index contributed by atoms with van der Waals surface area (Å²) in [5, 5.41) is 4.82. The molecule has 2 heterocycles. The number of pyridine rings is 1. The third kappa shape index (κ3) is 6.80. The number of carbonyl (C=O) groups is 1. The summed E-state index contributed by atoms with van der Waals surface area (Å²) in [6, 6.07) is 23.8. The van der Waals surface area contributed by atoms with E-state index in [1.54, 1.807) is 18.3 Å². The van der Waals surface area contributed by atoms with Crippen LogP contribution in [0.5, 0.6) is 5.75 Å². The molecule has 0 unspecified atom stereocenters.